The van der Waals surface area contributed by atoms with Crippen molar-refractivity contribution in [3.05, 3.63) is 46.2 Å². The average Bonchev–Trinajstić information content (AvgIpc) is 3.08. The van der Waals surface area contributed by atoms with Crippen LogP contribution in [0.3, 0.4) is 0 Å². The summed E-state index contributed by atoms with van der Waals surface area (Å²) in [6, 6.07) is 11.2. The van der Waals surface area contributed by atoms with Gasteiger partial charge in [0.2, 0.25) is 5.91 Å². The molecule has 1 aliphatic rings. The van der Waals surface area contributed by atoms with Crippen LogP contribution in [0, 0.1) is 6.92 Å². The molecule has 1 aromatic carbocycles. The molecule has 1 saturated heterocycles. The normalized spacial score (nSPS) is 14.5. The van der Waals surface area contributed by atoms with Crippen molar-refractivity contribution in [1.29, 1.82) is 0 Å². The zero-order valence-electron chi connectivity index (χ0n) is 11.8. The van der Waals surface area contributed by atoms with Crippen molar-refractivity contribution in [2.24, 2.45) is 0 Å². The first-order chi connectivity index (χ1) is 10.1. The number of aryl methyl sites for hydroxylation is 1. The van der Waals surface area contributed by atoms with Crippen LogP contribution in [0.15, 0.2) is 36.4 Å². The topological polar surface area (TPSA) is 49.4 Å². The van der Waals surface area contributed by atoms with Crippen LogP contribution in [0.2, 0.25) is 0 Å². The molecule has 0 aliphatic carbocycles. The molecule has 0 atom stereocenters. The number of thiophene rings is 1. The first-order valence-corrected chi connectivity index (χ1v) is 7.73. The lowest BCUT2D eigenvalue weighted by Gasteiger charge is -2.16. The number of carbonyl (C=O) groups excluding carboxylic acids is 2. The Balaban J connectivity index is 1.69. The van der Waals surface area contributed by atoms with Crippen molar-refractivity contribution in [1.82, 2.24) is 0 Å². The van der Waals surface area contributed by atoms with Crippen molar-refractivity contribution in [2.45, 2.75) is 19.8 Å². The van der Waals surface area contributed by atoms with Crippen molar-refractivity contribution in [3.8, 4) is 0 Å². The number of nitrogens with one attached hydrogen (secondary N) is 1. The average molecular weight is 300 g/mol. The summed E-state index contributed by atoms with van der Waals surface area (Å²) in [6.45, 7) is 2.75. The van der Waals surface area contributed by atoms with Crippen LogP contribution in [0.5, 0.6) is 0 Å². The summed E-state index contributed by atoms with van der Waals surface area (Å²) < 4.78 is 0. The molecule has 1 fully saturated rings. The predicted molar refractivity (Wildman–Crippen MR) is 85.0 cm³/mol. The highest BCUT2D eigenvalue weighted by Crippen LogP contribution is 2.23. The summed E-state index contributed by atoms with van der Waals surface area (Å²) in [6.07, 6.45) is 1.53. The van der Waals surface area contributed by atoms with Crippen molar-refractivity contribution >= 4 is 34.5 Å². The molecule has 3 rings (SSSR count). The molecule has 0 radical (unpaired) electrons. The van der Waals surface area contributed by atoms with E-state index in [1.807, 2.05) is 43.3 Å². The van der Waals surface area contributed by atoms with E-state index in [9.17, 15) is 9.59 Å². The monoisotopic (exact) mass is 300 g/mol. The minimum Gasteiger partial charge on any atom is -0.321 e. The van der Waals surface area contributed by atoms with Crippen LogP contribution in [-0.2, 0) is 4.79 Å². The standard InChI is InChI=1S/C16H16N2O2S/c1-11-4-9-14(21-11)16(20)17-12-5-7-13(8-6-12)18-10-2-3-15(18)19/h4-9H,2-3,10H2,1H3,(H,17,20). The second kappa shape index (κ2) is 5.69. The van der Waals surface area contributed by atoms with E-state index in [2.05, 4.69) is 5.32 Å². The van der Waals surface area contributed by atoms with Crippen LogP contribution in [0.25, 0.3) is 0 Å². The van der Waals surface area contributed by atoms with Crippen LogP contribution in [0.4, 0.5) is 11.4 Å². The van der Waals surface area contributed by atoms with Gasteiger partial charge in [0.05, 0.1) is 4.88 Å². The highest BCUT2D eigenvalue weighted by Gasteiger charge is 2.21. The maximum Gasteiger partial charge on any atom is 0.265 e. The van der Waals surface area contributed by atoms with Crippen LogP contribution in [-0.4, -0.2) is 18.4 Å². The fourth-order valence-electron chi connectivity index (χ4n) is 2.40. The number of anilines is 2. The molecule has 2 amide bonds. The van der Waals surface area contributed by atoms with Crippen molar-refractivity contribution in [2.75, 3.05) is 16.8 Å². The van der Waals surface area contributed by atoms with E-state index < -0.39 is 0 Å². The molecule has 4 nitrogen and oxygen atoms in total. The Morgan fingerprint density at radius 3 is 2.52 bits per heavy atom. The summed E-state index contributed by atoms with van der Waals surface area (Å²) in [4.78, 5) is 27.3. The highest BCUT2D eigenvalue weighted by molar-refractivity contribution is 7.14. The molecule has 21 heavy (non-hydrogen) atoms. The van der Waals surface area contributed by atoms with Crippen LogP contribution < -0.4 is 10.2 Å². The van der Waals surface area contributed by atoms with E-state index in [-0.39, 0.29) is 11.8 Å². The second-order valence-corrected chi connectivity index (χ2v) is 6.35. The van der Waals surface area contributed by atoms with Gasteiger partial charge in [0.25, 0.3) is 5.91 Å². The number of rotatable bonds is 3. The van der Waals surface area contributed by atoms with E-state index in [4.69, 9.17) is 0 Å². The number of benzene rings is 1. The molecule has 0 saturated carbocycles. The molecule has 0 unspecified atom stereocenters. The Morgan fingerprint density at radius 1 is 1.19 bits per heavy atom. The summed E-state index contributed by atoms with van der Waals surface area (Å²) in [5.41, 5.74) is 1.63. The number of carbonyl (C=O) groups is 2. The first-order valence-electron chi connectivity index (χ1n) is 6.92. The molecule has 1 N–H and O–H groups in total. The lowest BCUT2D eigenvalue weighted by molar-refractivity contribution is -0.117. The van der Waals surface area contributed by atoms with Gasteiger partial charge in [-0.15, -0.1) is 11.3 Å². The first kappa shape index (κ1) is 13.8. The quantitative estimate of drug-likeness (QED) is 0.944. The summed E-state index contributed by atoms with van der Waals surface area (Å²) in [7, 11) is 0. The predicted octanol–water partition coefficient (Wildman–Crippen LogP) is 3.44. The van der Waals surface area contributed by atoms with E-state index in [0.717, 1.165) is 29.2 Å². The van der Waals surface area contributed by atoms with Gasteiger partial charge < -0.3 is 10.2 Å². The van der Waals surface area contributed by atoms with Gasteiger partial charge in [-0.25, -0.2) is 0 Å². The molecular formula is C16H16N2O2S. The smallest absolute Gasteiger partial charge is 0.265 e. The van der Waals surface area contributed by atoms with E-state index in [0.29, 0.717) is 11.3 Å². The number of hydrogen-bond donors (Lipinski definition) is 1. The summed E-state index contributed by atoms with van der Waals surface area (Å²) in [5, 5.41) is 2.87. The van der Waals surface area contributed by atoms with Gasteiger partial charge in [-0.1, -0.05) is 0 Å². The largest absolute Gasteiger partial charge is 0.321 e. The molecule has 1 aliphatic heterocycles. The summed E-state index contributed by atoms with van der Waals surface area (Å²) in [5.74, 6) is 0.0685. The SMILES string of the molecule is Cc1ccc(C(=O)Nc2ccc(N3CCCC3=O)cc2)s1. The third kappa shape index (κ3) is 2.97. The molecule has 5 heteroatoms. The molecule has 0 bridgehead atoms. The van der Waals surface area contributed by atoms with Gasteiger partial charge in [-0.05, 0) is 49.7 Å². The van der Waals surface area contributed by atoms with Gasteiger partial charge in [0, 0.05) is 29.2 Å². The fraction of sp³-hybridized carbons (Fsp3) is 0.250. The maximum absolute atomic E-state index is 12.1. The third-order valence-electron chi connectivity index (χ3n) is 3.47. The molecular weight excluding hydrogens is 284 g/mol. The van der Waals surface area contributed by atoms with E-state index in [1.54, 1.807) is 4.90 Å². The minimum atomic E-state index is -0.0990. The molecule has 2 aromatic rings. The van der Waals surface area contributed by atoms with Crippen LogP contribution >= 0.6 is 11.3 Å². The Labute approximate surface area is 127 Å². The number of hydrogen-bond acceptors (Lipinski definition) is 3. The maximum atomic E-state index is 12.1. The van der Waals surface area contributed by atoms with E-state index in [1.165, 1.54) is 11.3 Å². The Hall–Kier alpha value is -2.14. The lowest BCUT2D eigenvalue weighted by atomic mass is 10.2. The van der Waals surface area contributed by atoms with Crippen molar-refractivity contribution < 1.29 is 9.59 Å². The van der Waals surface area contributed by atoms with E-state index >= 15 is 0 Å². The Bertz CT molecular complexity index is 676. The Kier molecular flexibility index (Phi) is 3.75. The molecule has 0 spiro atoms. The second-order valence-electron chi connectivity index (χ2n) is 5.06. The zero-order valence-corrected chi connectivity index (χ0v) is 12.6. The van der Waals surface area contributed by atoms with Gasteiger partial charge in [-0.2, -0.15) is 0 Å². The minimum absolute atomic E-state index is 0.0990. The zero-order chi connectivity index (χ0) is 14.8. The van der Waals surface area contributed by atoms with Gasteiger partial charge in [0.15, 0.2) is 0 Å². The Morgan fingerprint density at radius 2 is 1.95 bits per heavy atom. The molecule has 2 heterocycles. The van der Waals surface area contributed by atoms with Crippen LogP contribution in [0.1, 0.15) is 27.4 Å². The van der Waals surface area contributed by atoms with Gasteiger partial charge >= 0.3 is 0 Å². The lowest BCUT2D eigenvalue weighted by Crippen LogP contribution is -2.23. The highest BCUT2D eigenvalue weighted by atomic mass is 32.1. The fourth-order valence-corrected chi connectivity index (χ4v) is 3.16. The molecule has 1 aromatic heterocycles. The molecule has 108 valence electrons. The number of amides is 2. The number of nitrogens with zero attached hydrogens (tertiary/aromatic N) is 1. The van der Waals surface area contributed by atoms with Gasteiger partial charge in [-0.3, -0.25) is 9.59 Å². The van der Waals surface area contributed by atoms with Crippen molar-refractivity contribution in [3.63, 3.8) is 0 Å². The third-order valence-corrected chi connectivity index (χ3v) is 4.47. The van der Waals surface area contributed by atoms with Gasteiger partial charge in [0.1, 0.15) is 0 Å². The summed E-state index contributed by atoms with van der Waals surface area (Å²) >= 11 is 1.47.